The van der Waals surface area contributed by atoms with Gasteiger partial charge in [0.15, 0.2) is 11.5 Å². The van der Waals surface area contributed by atoms with Gasteiger partial charge >= 0.3 is 0 Å². The predicted octanol–water partition coefficient (Wildman–Crippen LogP) is 0.306. The molecular weight excluding hydrogens is 220 g/mol. The molecule has 0 saturated heterocycles. The fourth-order valence-electron chi connectivity index (χ4n) is 1.68. The van der Waals surface area contributed by atoms with Crippen LogP contribution in [0.15, 0.2) is 18.2 Å². The Morgan fingerprint density at radius 2 is 2.06 bits per heavy atom. The van der Waals surface area contributed by atoms with Crippen molar-refractivity contribution in [3.05, 3.63) is 23.8 Å². The van der Waals surface area contributed by atoms with E-state index in [0.717, 1.165) is 5.56 Å². The van der Waals surface area contributed by atoms with E-state index in [1.54, 1.807) is 20.3 Å². The molecule has 0 aliphatic carbocycles. The van der Waals surface area contributed by atoms with Gasteiger partial charge in [-0.25, -0.2) is 0 Å². The number of primary amides is 1. The molecule has 17 heavy (non-hydrogen) atoms. The maximum absolute atomic E-state index is 11.2. The number of nitrogens with two attached hydrogens (primary N) is 2. The molecule has 0 fully saturated rings. The Balaban J connectivity index is 3.01. The average Bonchev–Trinajstić information content (AvgIpc) is 2.34. The number of benzene rings is 1. The van der Waals surface area contributed by atoms with Gasteiger partial charge in [-0.2, -0.15) is 0 Å². The minimum atomic E-state index is -0.405. The highest BCUT2D eigenvalue weighted by atomic mass is 16.5. The van der Waals surface area contributed by atoms with Crippen LogP contribution in [0, 0.1) is 5.92 Å². The van der Waals surface area contributed by atoms with Gasteiger partial charge in [-0.05, 0) is 18.1 Å². The van der Waals surface area contributed by atoms with Crippen molar-refractivity contribution in [2.75, 3.05) is 20.8 Å². The highest BCUT2D eigenvalue weighted by Gasteiger charge is 2.18. The van der Waals surface area contributed by atoms with Crippen LogP contribution in [0.2, 0.25) is 0 Å². The summed E-state index contributed by atoms with van der Waals surface area (Å²) in [6.07, 6.45) is 0.451. The zero-order chi connectivity index (χ0) is 12.8. The van der Waals surface area contributed by atoms with Crippen molar-refractivity contribution in [1.29, 1.82) is 0 Å². The minimum absolute atomic E-state index is 0.218. The van der Waals surface area contributed by atoms with Crippen molar-refractivity contribution in [1.82, 2.24) is 0 Å². The molecule has 5 nitrogen and oxygen atoms in total. The molecule has 0 aliphatic rings. The number of hydrogen-bond donors (Lipinski definition) is 2. The van der Waals surface area contributed by atoms with Gasteiger partial charge in [0.25, 0.3) is 0 Å². The first-order valence-electron chi connectivity index (χ1n) is 5.33. The van der Waals surface area contributed by atoms with Gasteiger partial charge in [-0.3, -0.25) is 4.79 Å². The van der Waals surface area contributed by atoms with Gasteiger partial charge in [0, 0.05) is 6.54 Å². The Labute approximate surface area is 101 Å². The first-order chi connectivity index (χ1) is 8.13. The van der Waals surface area contributed by atoms with E-state index in [4.69, 9.17) is 20.9 Å². The summed E-state index contributed by atoms with van der Waals surface area (Å²) in [6, 6.07) is 5.50. The van der Waals surface area contributed by atoms with Crippen LogP contribution in [0.25, 0.3) is 0 Å². The molecule has 94 valence electrons. The van der Waals surface area contributed by atoms with Gasteiger partial charge in [-0.15, -0.1) is 0 Å². The number of rotatable bonds is 6. The lowest BCUT2D eigenvalue weighted by Crippen LogP contribution is -2.31. The number of para-hydroxylation sites is 1. The highest BCUT2D eigenvalue weighted by Crippen LogP contribution is 2.31. The summed E-state index contributed by atoms with van der Waals surface area (Å²) in [5, 5.41) is 0. The molecule has 1 rings (SSSR count). The largest absolute Gasteiger partial charge is 0.493 e. The standard InChI is InChI=1S/C12H18N2O3/c1-16-10-5-3-4-8(11(10)17-2)6-9(7-13)12(14)15/h3-5,9H,6-7,13H2,1-2H3,(H2,14,15). The summed E-state index contributed by atoms with van der Waals surface area (Å²) in [4.78, 5) is 11.2. The van der Waals surface area contributed by atoms with Crippen molar-refractivity contribution >= 4 is 5.91 Å². The maximum Gasteiger partial charge on any atom is 0.222 e. The zero-order valence-corrected chi connectivity index (χ0v) is 10.1. The molecular formula is C12H18N2O3. The lowest BCUT2D eigenvalue weighted by Gasteiger charge is -2.15. The molecule has 5 heteroatoms. The molecule has 1 aromatic rings. The van der Waals surface area contributed by atoms with Gasteiger partial charge in [-0.1, -0.05) is 12.1 Å². The van der Waals surface area contributed by atoms with Gasteiger partial charge in [0.2, 0.25) is 5.91 Å². The monoisotopic (exact) mass is 238 g/mol. The topological polar surface area (TPSA) is 87.6 Å². The first-order valence-corrected chi connectivity index (χ1v) is 5.33. The van der Waals surface area contributed by atoms with Crippen molar-refractivity contribution in [2.24, 2.45) is 17.4 Å². The molecule has 4 N–H and O–H groups in total. The summed E-state index contributed by atoms with van der Waals surface area (Å²) in [5.74, 6) is 0.452. The van der Waals surface area contributed by atoms with Gasteiger partial charge < -0.3 is 20.9 Å². The molecule has 0 radical (unpaired) electrons. The van der Waals surface area contributed by atoms with E-state index in [9.17, 15) is 4.79 Å². The SMILES string of the molecule is COc1cccc(CC(CN)C(N)=O)c1OC. The minimum Gasteiger partial charge on any atom is -0.493 e. The number of amides is 1. The summed E-state index contributed by atoms with van der Waals surface area (Å²) >= 11 is 0. The number of methoxy groups -OCH3 is 2. The Bertz CT molecular complexity index is 393. The zero-order valence-electron chi connectivity index (χ0n) is 10.1. The Hall–Kier alpha value is -1.75. The molecule has 1 aromatic carbocycles. The van der Waals surface area contributed by atoms with Gasteiger partial charge in [0.05, 0.1) is 20.1 Å². The summed E-state index contributed by atoms with van der Waals surface area (Å²) in [6.45, 7) is 0.218. The third kappa shape index (κ3) is 3.10. The Kier molecular flexibility index (Phi) is 4.78. The Morgan fingerprint density at radius 3 is 2.53 bits per heavy atom. The second-order valence-electron chi connectivity index (χ2n) is 3.69. The average molecular weight is 238 g/mol. The van der Waals surface area contributed by atoms with E-state index in [2.05, 4.69) is 0 Å². The summed E-state index contributed by atoms with van der Waals surface area (Å²) in [5.41, 5.74) is 11.6. The van der Waals surface area contributed by atoms with Crippen LogP contribution in [-0.2, 0) is 11.2 Å². The van der Waals surface area contributed by atoms with Crippen LogP contribution >= 0.6 is 0 Å². The van der Waals surface area contributed by atoms with E-state index >= 15 is 0 Å². The smallest absolute Gasteiger partial charge is 0.222 e. The maximum atomic E-state index is 11.2. The summed E-state index contributed by atoms with van der Waals surface area (Å²) in [7, 11) is 3.12. The van der Waals surface area contributed by atoms with E-state index in [1.807, 2.05) is 12.1 Å². The fourth-order valence-corrected chi connectivity index (χ4v) is 1.68. The van der Waals surface area contributed by atoms with Crippen LogP contribution in [0.3, 0.4) is 0 Å². The van der Waals surface area contributed by atoms with Crippen molar-refractivity contribution in [3.8, 4) is 11.5 Å². The van der Waals surface area contributed by atoms with E-state index < -0.39 is 11.8 Å². The fraction of sp³-hybridized carbons (Fsp3) is 0.417. The van der Waals surface area contributed by atoms with Crippen molar-refractivity contribution in [3.63, 3.8) is 0 Å². The molecule has 0 spiro atoms. The van der Waals surface area contributed by atoms with Crippen LogP contribution in [-0.4, -0.2) is 26.7 Å². The lowest BCUT2D eigenvalue weighted by molar-refractivity contribution is -0.121. The molecule has 1 atom stereocenters. The third-order valence-corrected chi connectivity index (χ3v) is 2.64. The van der Waals surface area contributed by atoms with E-state index in [1.165, 1.54) is 0 Å². The first kappa shape index (κ1) is 13.3. The molecule has 1 amide bonds. The van der Waals surface area contributed by atoms with Gasteiger partial charge in [0.1, 0.15) is 0 Å². The molecule has 0 bridgehead atoms. The molecule has 0 heterocycles. The van der Waals surface area contributed by atoms with Crippen molar-refractivity contribution < 1.29 is 14.3 Å². The summed E-state index contributed by atoms with van der Waals surface area (Å²) < 4.78 is 10.5. The van der Waals surface area contributed by atoms with Crippen LogP contribution in [0.4, 0.5) is 0 Å². The van der Waals surface area contributed by atoms with Crippen molar-refractivity contribution in [2.45, 2.75) is 6.42 Å². The molecule has 0 aliphatic heterocycles. The van der Waals surface area contributed by atoms with E-state index in [-0.39, 0.29) is 6.54 Å². The molecule has 0 aromatic heterocycles. The molecule has 1 unspecified atom stereocenters. The number of ether oxygens (including phenoxy) is 2. The third-order valence-electron chi connectivity index (χ3n) is 2.64. The number of carbonyl (C=O) groups is 1. The highest BCUT2D eigenvalue weighted by molar-refractivity contribution is 5.77. The quantitative estimate of drug-likeness (QED) is 0.746. The second kappa shape index (κ2) is 6.10. The second-order valence-corrected chi connectivity index (χ2v) is 3.69. The normalized spacial score (nSPS) is 11.9. The Morgan fingerprint density at radius 1 is 1.35 bits per heavy atom. The number of hydrogen-bond acceptors (Lipinski definition) is 4. The van der Waals surface area contributed by atoms with E-state index in [0.29, 0.717) is 17.9 Å². The predicted molar refractivity (Wildman–Crippen MR) is 65.0 cm³/mol. The lowest BCUT2D eigenvalue weighted by atomic mass is 9.98. The number of carbonyl (C=O) groups excluding carboxylic acids is 1. The van der Waals surface area contributed by atoms with Crippen LogP contribution < -0.4 is 20.9 Å². The molecule has 0 saturated carbocycles. The van der Waals surface area contributed by atoms with Crippen LogP contribution in [0.5, 0.6) is 11.5 Å². The van der Waals surface area contributed by atoms with Crippen LogP contribution in [0.1, 0.15) is 5.56 Å².